The molecule has 0 spiro atoms. The van der Waals surface area contributed by atoms with E-state index in [2.05, 4.69) is 19.1 Å². The number of aryl methyl sites for hydroxylation is 3. The minimum absolute atomic E-state index is 0.113. The van der Waals surface area contributed by atoms with Gasteiger partial charge < -0.3 is 14.1 Å². The quantitative estimate of drug-likeness (QED) is 0.473. The van der Waals surface area contributed by atoms with E-state index in [0.717, 1.165) is 23.1 Å². The van der Waals surface area contributed by atoms with Gasteiger partial charge in [0.2, 0.25) is 5.76 Å². The number of ether oxygens (including phenoxy) is 1. The maximum atomic E-state index is 13.7. The van der Waals surface area contributed by atoms with Crippen molar-refractivity contribution in [2.75, 3.05) is 13.2 Å². The molecule has 4 rings (SSSR count). The van der Waals surface area contributed by atoms with E-state index in [1.54, 1.807) is 4.90 Å². The highest BCUT2D eigenvalue weighted by atomic mass is 16.5. The fraction of sp³-hybridized carbons (Fsp3) is 0.407. The van der Waals surface area contributed by atoms with E-state index in [0.29, 0.717) is 36.1 Å². The van der Waals surface area contributed by atoms with Crippen LogP contribution in [0, 0.1) is 13.8 Å². The van der Waals surface area contributed by atoms with Crippen molar-refractivity contribution in [3.05, 3.63) is 80.2 Å². The third kappa shape index (κ3) is 3.97. The molecule has 0 N–H and O–H groups in total. The molecule has 5 nitrogen and oxygen atoms in total. The number of fused-ring (bicyclic) bond motifs is 2. The van der Waals surface area contributed by atoms with Gasteiger partial charge in [0.05, 0.1) is 23.1 Å². The van der Waals surface area contributed by atoms with Gasteiger partial charge in [-0.05, 0) is 68.9 Å². The number of benzene rings is 2. The Morgan fingerprint density at radius 1 is 1.09 bits per heavy atom. The normalized spacial score (nSPS) is 15.8. The molecule has 0 fully saturated rings. The third-order valence-electron chi connectivity index (χ3n) is 6.11. The monoisotopic (exact) mass is 433 g/mol. The highest BCUT2D eigenvalue weighted by molar-refractivity contribution is 5.99. The zero-order valence-corrected chi connectivity index (χ0v) is 19.5. The molecule has 1 aliphatic rings. The average molecular weight is 434 g/mol. The van der Waals surface area contributed by atoms with Gasteiger partial charge >= 0.3 is 0 Å². The summed E-state index contributed by atoms with van der Waals surface area (Å²) in [5.74, 6) is -0.0610. The van der Waals surface area contributed by atoms with Crippen LogP contribution < -0.4 is 5.43 Å². The van der Waals surface area contributed by atoms with E-state index < -0.39 is 6.04 Å². The van der Waals surface area contributed by atoms with E-state index in [4.69, 9.17) is 9.15 Å². The molecule has 168 valence electrons. The Bertz CT molecular complexity index is 1210. The predicted molar refractivity (Wildman–Crippen MR) is 126 cm³/mol. The highest BCUT2D eigenvalue weighted by Crippen LogP contribution is 2.38. The zero-order valence-electron chi connectivity index (χ0n) is 19.5. The molecule has 1 aromatic heterocycles. The minimum atomic E-state index is -0.455. The standard InChI is InChI=1S/C27H31NO4/c1-6-19-8-10-20(11-9-19)24-23-25(29)22-18(5)14-17(4)15-21(22)32-26(23)27(30)28(24)12-7-13-31-16(2)3/h8-11,14-16,24H,6-7,12-13H2,1-5H3. The molecule has 5 heteroatoms. The predicted octanol–water partition coefficient (Wildman–Crippen LogP) is 5.33. The topological polar surface area (TPSA) is 59.8 Å². The lowest BCUT2D eigenvalue weighted by Gasteiger charge is -2.25. The van der Waals surface area contributed by atoms with Gasteiger partial charge in [-0.2, -0.15) is 0 Å². The third-order valence-corrected chi connectivity index (χ3v) is 6.11. The first-order valence-electron chi connectivity index (χ1n) is 11.4. The van der Waals surface area contributed by atoms with Gasteiger partial charge in [-0.1, -0.05) is 37.3 Å². The lowest BCUT2D eigenvalue weighted by atomic mass is 9.96. The largest absolute Gasteiger partial charge is 0.450 e. The Morgan fingerprint density at radius 3 is 2.47 bits per heavy atom. The Labute approximate surface area is 189 Å². The number of nitrogens with zero attached hydrogens (tertiary/aromatic N) is 1. The maximum absolute atomic E-state index is 13.7. The van der Waals surface area contributed by atoms with Crippen LogP contribution in [-0.2, 0) is 11.2 Å². The molecule has 3 aromatic rings. The number of amides is 1. The zero-order chi connectivity index (χ0) is 23.0. The Hall–Kier alpha value is -2.92. The molecular weight excluding hydrogens is 402 g/mol. The Kier molecular flexibility index (Phi) is 6.20. The van der Waals surface area contributed by atoms with Gasteiger partial charge in [0.25, 0.3) is 5.91 Å². The van der Waals surface area contributed by atoms with Crippen molar-refractivity contribution < 1.29 is 13.9 Å². The van der Waals surface area contributed by atoms with Crippen LogP contribution in [0.25, 0.3) is 11.0 Å². The number of carbonyl (C=O) groups is 1. The van der Waals surface area contributed by atoms with Crippen molar-refractivity contribution in [3.8, 4) is 0 Å². The molecule has 2 heterocycles. The molecular formula is C27H31NO4. The molecule has 0 bridgehead atoms. The summed E-state index contributed by atoms with van der Waals surface area (Å²) in [5.41, 5.74) is 4.82. The fourth-order valence-corrected chi connectivity index (χ4v) is 4.58. The molecule has 0 saturated heterocycles. The van der Waals surface area contributed by atoms with Crippen molar-refractivity contribution in [2.24, 2.45) is 0 Å². The number of rotatable bonds is 7. The average Bonchev–Trinajstić information content (AvgIpc) is 3.02. The number of carbonyl (C=O) groups excluding carboxylic acids is 1. The molecule has 1 aliphatic heterocycles. The summed E-state index contributed by atoms with van der Waals surface area (Å²) in [7, 11) is 0. The first kappa shape index (κ1) is 22.3. The van der Waals surface area contributed by atoms with Gasteiger partial charge in [0.1, 0.15) is 5.58 Å². The molecule has 32 heavy (non-hydrogen) atoms. The van der Waals surface area contributed by atoms with E-state index in [1.807, 2.05) is 52.0 Å². The van der Waals surface area contributed by atoms with Gasteiger partial charge in [0, 0.05) is 13.2 Å². The van der Waals surface area contributed by atoms with Crippen molar-refractivity contribution in [1.82, 2.24) is 4.90 Å². The van der Waals surface area contributed by atoms with Crippen molar-refractivity contribution >= 4 is 16.9 Å². The van der Waals surface area contributed by atoms with Gasteiger partial charge in [0.15, 0.2) is 5.43 Å². The van der Waals surface area contributed by atoms with Crippen molar-refractivity contribution in [1.29, 1.82) is 0 Å². The molecule has 0 saturated carbocycles. The van der Waals surface area contributed by atoms with Crippen molar-refractivity contribution in [3.63, 3.8) is 0 Å². The lowest BCUT2D eigenvalue weighted by Crippen LogP contribution is -2.31. The van der Waals surface area contributed by atoms with E-state index in [1.165, 1.54) is 5.56 Å². The summed E-state index contributed by atoms with van der Waals surface area (Å²) in [6, 6.07) is 11.5. The van der Waals surface area contributed by atoms with E-state index in [-0.39, 0.29) is 23.2 Å². The Morgan fingerprint density at radius 2 is 1.81 bits per heavy atom. The first-order chi connectivity index (χ1) is 15.3. The molecule has 2 aromatic carbocycles. The van der Waals surface area contributed by atoms with Crippen molar-refractivity contribution in [2.45, 2.75) is 59.6 Å². The summed E-state index contributed by atoms with van der Waals surface area (Å²) in [5, 5.41) is 0.558. The number of hydrogen-bond donors (Lipinski definition) is 0. The van der Waals surface area contributed by atoms with Crippen LogP contribution in [0.2, 0.25) is 0 Å². The van der Waals surface area contributed by atoms with E-state index >= 15 is 0 Å². The summed E-state index contributed by atoms with van der Waals surface area (Å²) in [6.07, 6.45) is 1.76. The number of hydrogen-bond acceptors (Lipinski definition) is 4. The van der Waals surface area contributed by atoms with E-state index in [9.17, 15) is 9.59 Å². The molecule has 0 radical (unpaired) electrons. The summed E-state index contributed by atoms with van der Waals surface area (Å²) in [4.78, 5) is 28.9. The van der Waals surface area contributed by atoms with Gasteiger partial charge in [-0.15, -0.1) is 0 Å². The van der Waals surface area contributed by atoms with Gasteiger partial charge in [-0.25, -0.2) is 0 Å². The van der Waals surface area contributed by atoms with Gasteiger partial charge in [-0.3, -0.25) is 9.59 Å². The van der Waals surface area contributed by atoms with Crippen LogP contribution in [0.5, 0.6) is 0 Å². The molecule has 1 amide bonds. The molecule has 1 unspecified atom stereocenters. The lowest BCUT2D eigenvalue weighted by molar-refractivity contribution is 0.0593. The second-order valence-corrected chi connectivity index (χ2v) is 8.90. The minimum Gasteiger partial charge on any atom is -0.450 e. The first-order valence-corrected chi connectivity index (χ1v) is 11.4. The highest BCUT2D eigenvalue weighted by Gasteiger charge is 2.42. The smallest absolute Gasteiger partial charge is 0.290 e. The van der Waals surface area contributed by atoms with Crippen LogP contribution in [-0.4, -0.2) is 30.1 Å². The van der Waals surface area contributed by atoms with Crippen LogP contribution >= 0.6 is 0 Å². The Balaban J connectivity index is 1.84. The SMILES string of the molecule is CCc1ccc(C2c3c(oc4cc(C)cc(C)c4c3=O)C(=O)N2CCCOC(C)C)cc1. The molecule has 1 atom stereocenters. The summed E-state index contributed by atoms with van der Waals surface area (Å²) >= 11 is 0. The van der Waals surface area contributed by atoms with Crippen LogP contribution in [0.4, 0.5) is 0 Å². The van der Waals surface area contributed by atoms with Crippen LogP contribution in [0.15, 0.2) is 45.6 Å². The van der Waals surface area contributed by atoms with Crippen LogP contribution in [0.3, 0.4) is 0 Å². The van der Waals surface area contributed by atoms with Crippen LogP contribution in [0.1, 0.15) is 71.6 Å². The fourth-order valence-electron chi connectivity index (χ4n) is 4.58. The molecule has 0 aliphatic carbocycles. The summed E-state index contributed by atoms with van der Waals surface area (Å²) < 4.78 is 11.8. The summed E-state index contributed by atoms with van der Waals surface area (Å²) in [6.45, 7) is 11.0. The second-order valence-electron chi connectivity index (χ2n) is 8.90. The maximum Gasteiger partial charge on any atom is 0.290 e. The second kappa shape index (κ2) is 8.91.